The zero-order valence-corrected chi connectivity index (χ0v) is 20.3. The maximum Gasteiger partial charge on any atom is 0.0479 e. The van der Waals surface area contributed by atoms with Crippen LogP contribution in [0.15, 0.2) is 30.3 Å². The Morgan fingerprint density at radius 1 is 0.968 bits per heavy atom. The molecule has 1 aliphatic heterocycles. The Hall–Kier alpha value is -1.84. The molecule has 1 saturated heterocycles. The summed E-state index contributed by atoms with van der Waals surface area (Å²) in [5, 5.41) is 3.27. The molecule has 1 aliphatic carbocycles. The van der Waals surface area contributed by atoms with Crippen LogP contribution in [-0.2, 0) is 19.4 Å². The van der Waals surface area contributed by atoms with Gasteiger partial charge in [-0.1, -0.05) is 38.5 Å². The van der Waals surface area contributed by atoms with Gasteiger partial charge in [-0.2, -0.15) is 0 Å². The Balaban J connectivity index is 1.66. The summed E-state index contributed by atoms with van der Waals surface area (Å²) >= 11 is 0. The van der Waals surface area contributed by atoms with E-state index in [-0.39, 0.29) is 0 Å². The monoisotopic (exact) mass is 419 g/mol. The number of aryl methyl sites for hydroxylation is 2. The SMILES string of the molecule is CCc1cc(C)c(C)c(CC)c1CN1CCN(C2CCC2)CC1c1ccc(NC)cc1. The number of hydrogen-bond donors (Lipinski definition) is 1. The van der Waals surface area contributed by atoms with Crippen LogP contribution >= 0.6 is 0 Å². The van der Waals surface area contributed by atoms with E-state index in [2.05, 4.69) is 73.1 Å². The molecule has 3 nitrogen and oxygen atoms in total. The molecule has 31 heavy (non-hydrogen) atoms. The van der Waals surface area contributed by atoms with E-state index >= 15 is 0 Å². The number of anilines is 1. The highest BCUT2D eigenvalue weighted by molar-refractivity contribution is 5.46. The molecule has 0 bridgehead atoms. The summed E-state index contributed by atoms with van der Waals surface area (Å²) in [6, 6.07) is 12.9. The van der Waals surface area contributed by atoms with Crippen LogP contribution in [0.3, 0.4) is 0 Å². The van der Waals surface area contributed by atoms with Crippen LogP contribution < -0.4 is 5.32 Å². The van der Waals surface area contributed by atoms with Crippen LogP contribution in [0.1, 0.15) is 72.5 Å². The van der Waals surface area contributed by atoms with Crippen LogP contribution in [0.5, 0.6) is 0 Å². The number of nitrogens with one attached hydrogen (secondary N) is 1. The van der Waals surface area contributed by atoms with Gasteiger partial charge in [0.25, 0.3) is 0 Å². The molecule has 0 amide bonds. The molecule has 1 heterocycles. The van der Waals surface area contributed by atoms with Crippen molar-refractivity contribution in [1.82, 2.24) is 9.80 Å². The van der Waals surface area contributed by atoms with Gasteiger partial charge in [-0.05, 0) is 85.0 Å². The van der Waals surface area contributed by atoms with E-state index in [1.54, 1.807) is 16.7 Å². The minimum absolute atomic E-state index is 0.469. The Kier molecular flexibility index (Phi) is 7.03. The Morgan fingerprint density at radius 2 is 1.71 bits per heavy atom. The molecule has 1 atom stereocenters. The second-order valence-corrected chi connectivity index (χ2v) is 9.58. The third kappa shape index (κ3) is 4.54. The summed E-state index contributed by atoms with van der Waals surface area (Å²) < 4.78 is 0. The third-order valence-corrected chi connectivity index (χ3v) is 7.98. The number of nitrogens with zero attached hydrogens (tertiary/aromatic N) is 2. The fourth-order valence-electron chi connectivity index (χ4n) is 5.61. The molecule has 168 valence electrons. The highest BCUT2D eigenvalue weighted by Crippen LogP contribution is 2.35. The second kappa shape index (κ2) is 9.75. The van der Waals surface area contributed by atoms with Gasteiger partial charge in [-0.15, -0.1) is 0 Å². The smallest absolute Gasteiger partial charge is 0.0479 e. The highest BCUT2D eigenvalue weighted by atomic mass is 15.3. The van der Waals surface area contributed by atoms with Crippen molar-refractivity contribution < 1.29 is 0 Å². The molecule has 2 fully saturated rings. The predicted molar refractivity (Wildman–Crippen MR) is 133 cm³/mol. The summed E-state index contributed by atoms with van der Waals surface area (Å²) in [6.07, 6.45) is 6.44. The van der Waals surface area contributed by atoms with E-state index in [4.69, 9.17) is 0 Å². The van der Waals surface area contributed by atoms with Crippen LogP contribution in [-0.4, -0.2) is 42.5 Å². The van der Waals surface area contributed by atoms with E-state index in [1.807, 2.05) is 7.05 Å². The maximum atomic E-state index is 3.27. The lowest BCUT2D eigenvalue weighted by molar-refractivity contribution is 0.0186. The lowest BCUT2D eigenvalue weighted by Crippen LogP contribution is -2.53. The van der Waals surface area contributed by atoms with Crippen molar-refractivity contribution in [1.29, 1.82) is 0 Å². The minimum atomic E-state index is 0.469. The normalized spacial score (nSPS) is 20.6. The van der Waals surface area contributed by atoms with Gasteiger partial charge >= 0.3 is 0 Å². The molecular weight excluding hydrogens is 378 g/mol. The van der Waals surface area contributed by atoms with Crippen molar-refractivity contribution in [3.8, 4) is 0 Å². The van der Waals surface area contributed by atoms with Crippen molar-refractivity contribution in [2.24, 2.45) is 0 Å². The van der Waals surface area contributed by atoms with Gasteiger partial charge in [-0.3, -0.25) is 9.80 Å². The summed E-state index contributed by atoms with van der Waals surface area (Å²) in [7, 11) is 2.00. The maximum absolute atomic E-state index is 3.27. The van der Waals surface area contributed by atoms with E-state index in [0.29, 0.717) is 6.04 Å². The number of rotatable bonds is 7. The van der Waals surface area contributed by atoms with Crippen molar-refractivity contribution in [3.63, 3.8) is 0 Å². The van der Waals surface area contributed by atoms with Gasteiger partial charge in [0.15, 0.2) is 0 Å². The average Bonchev–Trinajstić information content (AvgIpc) is 2.76. The van der Waals surface area contributed by atoms with E-state index in [0.717, 1.165) is 38.5 Å². The summed E-state index contributed by atoms with van der Waals surface area (Å²) in [5.41, 5.74) is 10.3. The number of benzene rings is 2. The molecule has 4 rings (SSSR count). The first-order chi connectivity index (χ1) is 15.0. The fraction of sp³-hybridized carbons (Fsp3) is 0.571. The Morgan fingerprint density at radius 3 is 2.29 bits per heavy atom. The van der Waals surface area contributed by atoms with Crippen molar-refractivity contribution in [2.45, 2.75) is 78.4 Å². The van der Waals surface area contributed by atoms with Crippen molar-refractivity contribution in [2.75, 3.05) is 32.0 Å². The molecule has 0 radical (unpaired) electrons. The molecule has 2 aromatic rings. The molecule has 1 saturated carbocycles. The molecule has 1 unspecified atom stereocenters. The second-order valence-electron chi connectivity index (χ2n) is 9.58. The van der Waals surface area contributed by atoms with E-state index in [9.17, 15) is 0 Å². The topological polar surface area (TPSA) is 18.5 Å². The molecule has 3 heteroatoms. The van der Waals surface area contributed by atoms with Crippen molar-refractivity contribution in [3.05, 3.63) is 63.7 Å². The first-order valence-electron chi connectivity index (χ1n) is 12.4. The Bertz CT molecular complexity index is 882. The van der Waals surface area contributed by atoms with Gasteiger partial charge in [0.05, 0.1) is 0 Å². The zero-order valence-electron chi connectivity index (χ0n) is 20.3. The van der Waals surface area contributed by atoms with E-state index < -0.39 is 0 Å². The molecule has 2 aromatic carbocycles. The van der Waals surface area contributed by atoms with Crippen molar-refractivity contribution >= 4 is 5.69 Å². The first-order valence-corrected chi connectivity index (χ1v) is 12.4. The molecule has 2 aliphatic rings. The lowest BCUT2D eigenvalue weighted by atomic mass is 9.88. The third-order valence-electron chi connectivity index (χ3n) is 7.98. The van der Waals surface area contributed by atoms with Gasteiger partial charge in [-0.25, -0.2) is 0 Å². The van der Waals surface area contributed by atoms with Gasteiger partial charge in [0.2, 0.25) is 0 Å². The molecular formula is C28H41N3. The van der Waals surface area contributed by atoms with Crippen LogP contribution in [0.2, 0.25) is 0 Å². The summed E-state index contributed by atoms with van der Waals surface area (Å²) in [5.74, 6) is 0. The van der Waals surface area contributed by atoms with Crippen LogP contribution in [0.25, 0.3) is 0 Å². The first kappa shape index (κ1) is 22.4. The lowest BCUT2D eigenvalue weighted by Gasteiger charge is -2.47. The zero-order chi connectivity index (χ0) is 22.0. The fourth-order valence-corrected chi connectivity index (χ4v) is 5.61. The molecule has 0 spiro atoms. The van der Waals surface area contributed by atoms with Gasteiger partial charge in [0, 0.05) is 51.0 Å². The standard InChI is InChI=1S/C28H41N3/c1-6-22-17-20(3)21(4)26(7-2)27(22)18-31-16-15-30(25-9-8-10-25)19-28(31)23-11-13-24(29-5)14-12-23/h11-14,17,25,28-29H,6-10,15-16,18-19H2,1-5H3. The minimum Gasteiger partial charge on any atom is -0.388 e. The number of piperazine rings is 1. The Labute approximate surface area is 189 Å². The largest absolute Gasteiger partial charge is 0.388 e. The van der Waals surface area contributed by atoms with E-state index in [1.165, 1.54) is 48.2 Å². The average molecular weight is 420 g/mol. The summed E-state index contributed by atoms with van der Waals surface area (Å²) in [6.45, 7) is 13.8. The quantitative estimate of drug-likeness (QED) is 0.604. The number of hydrogen-bond acceptors (Lipinski definition) is 3. The van der Waals surface area contributed by atoms with Gasteiger partial charge in [0.1, 0.15) is 0 Å². The van der Waals surface area contributed by atoms with Crippen LogP contribution in [0.4, 0.5) is 5.69 Å². The summed E-state index contributed by atoms with van der Waals surface area (Å²) in [4.78, 5) is 5.55. The molecule has 0 aromatic heterocycles. The molecule has 1 N–H and O–H groups in total. The highest BCUT2D eigenvalue weighted by Gasteiger charge is 2.34. The predicted octanol–water partition coefficient (Wildman–Crippen LogP) is 5.88. The van der Waals surface area contributed by atoms with Gasteiger partial charge < -0.3 is 5.32 Å². The van der Waals surface area contributed by atoms with Crippen LogP contribution in [0, 0.1) is 13.8 Å².